The molecule has 110 valence electrons. The molecular weight excluding hydrogens is 310 g/mol. The molecule has 0 bridgehead atoms. The SMILES string of the molecule is O=S(=O)(N[C@H]1COc2ccccc2C1)c1ccc(Cl)cc1. The summed E-state index contributed by atoms with van der Waals surface area (Å²) in [6, 6.07) is 13.5. The molecule has 1 heterocycles. The molecule has 1 atom stereocenters. The standard InChI is InChI=1S/C15H14ClNO3S/c16-12-5-7-14(8-6-12)21(18,19)17-13-9-11-3-1-2-4-15(11)20-10-13/h1-8,13,17H,9-10H2/t13-/m1/s1. The van der Waals surface area contributed by atoms with Gasteiger partial charge in [-0.05, 0) is 42.3 Å². The summed E-state index contributed by atoms with van der Waals surface area (Å²) in [4.78, 5) is 0.200. The monoisotopic (exact) mass is 323 g/mol. The Balaban J connectivity index is 1.77. The Bertz CT molecular complexity index is 744. The summed E-state index contributed by atoms with van der Waals surface area (Å²) >= 11 is 5.77. The van der Waals surface area contributed by atoms with Gasteiger partial charge in [-0.3, -0.25) is 0 Å². The van der Waals surface area contributed by atoms with Gasteiger partial charge in [0.15, 0.2) is 0 Å². The minimum absolute atomic E-state index is 0.200. The molecule has 0 saturated carbocycles. The van der Waals surface area contributed by atoms with E-state index in [9.17, 15) is 8.42 Å². The first kappa shape index (κ1) is 14.4. The first-order valence-corrected chi connectivity index (χ1v) is 8.39. The van der Waals surface area contributed by atoms with Crippen LogP contribution >= 0.6 is 11.6 Å². The maximum atomic E-state index is 12.3. The molecule has 0 unspecified atom stereocenters. The van der Waals surface area contributed by atoms with E-state index in [1.165, 1.54) is 12.1 Å². The molecule has 2 aromatic carbocycles. The second-order valence-electron chi connectivity index (χ2n) is 4.89. The van der Waals surface area contributed by atoms with E-state index in [-0.39, 0.29) is 10.9 Å². The smallest absolute Gasteiger partial charge is 0.240 e. The maximum absolute atomic E-state index is 12.3. The van der Waals surface area contributed by atoms with Crippen molar-refractivity contribution in [3.63, 3.8) is 0 Å². The highest BCUT2D eigenvalue weighted by Crippen LogP contribution is 2.24. The summed E-state index contributed by atoms with van der Waals surface area (Å²) in [5, 5.41) is 0.504. The average molecular weight is 324 g/mol. The first-order chi connectivity index (χ1) is 10.0. The van der Waals surface area contributed by atoms with Gasteiger partial charge in [0.1, 0.15) is 12.4 Å². The third-order valence-electron chi connectivity index (χ3n) is 3.32. The number of hydrogen-bond acceptors (Lipinski definition) is 3. The van der Waals surface area contributed by atoms with Crippen LogP contribution in [0.25, 0.3) is 0 Å². The molecule has 1 aliphatic heterocycles. The number of para-hydroxylation sites is 1. The number of ether oxygens (including phenoxy) is 1. The molecule has 2 aromatic rings. The van der Waals surface area contributed by atoms with E-state index in [0.717, 1.165) is 11.3 Å². The van der Waals surface area contributed by atoms with Crippen LogP contribution in [0, 0.1) is 0 Å². The van der Waals surface area contributed by atoms with Crippen LogP contribution in [0.15, 0.2) is 53.4 Å². The van der Waals surface area contributed by atoms with Crippen molar-refractivity contribution in [2.45, 2.75) is 17.4 Å². The summed E-state index contributed by atoms with van der Waals surface area (Å²) in [5.74, 6) is 0.819. The van der Waals surface area contributed by atoms with Crippen LogP contribution in [-0.4, -0.2) is 21.1 Å². The van der Waals surface area contributed by atoms with Crippen LogP contribution in [0.5, 0.6) is 5.75 Å². The van der Waals surface area contributed by atoms with Gasteiger partial charge in [-0.1, -0.05) is 29.8 Å². The third-order valence-corrected chi connectivity index (χ3v) is 5.11. The van der Waals surface area contributed by atoms with Crippen molar-refractivity contribution in [1.82, 2.24) is 4.72 Å². The zero-order valence-electron chi connectivity index (χ0n) is 11.1. The molecule has 0 saturated heterocycles. The van der Waals surface area contributed by atoms with Gasteiger partial charge < -0.3 is 4.74 Å². The molecule has 0 aliphatic carbocycles. The fourth-order valence-corrected chi connectivity index (χ4v) is 3.65. The predicted molar refractivity (Wildman–Crippen MR) is 81.2 cm³/mol. The number of sulfonamides is 1. The predicted octanol–water partition coefficient (Wildman–Crippen LogP) is 2.62. The summed E-state index contributed by atoms with van der Waals surface area (Å²) in [7, 11) is -3.57. The van der Waals surface area contributed by atoms with E-state index >= 15 is 0 Å². The molecule has 21 heavy (non-hydrogen) atoms. The van der Waals surface area contributed by atoms with E-state index in [0.29, 0.717) is 18.1 Å². The summed E-state index contributed by atoms with van der Waals surface area (Å²) in [5.41, 5.74) is 1.01. The molecule has 0 radical (unpaired) electrons. The highest BCUT2D eigenvalue weighted by Gasteiger charge is 2.25. The fraction of sp³-hybridized carbons (Fsp3) is 0.200. The van der Waals surface area contributed by atoms with Gasteiger partial charge >= 0.3 is 0 Å². The lowest BCUT2D eigenvalue weighted by molar-refractivity contribution is 0.254. The molecular formula is C15H14ClNO3S. The number of benzene rings is 2. The largest absolute Gasteiger partial charge is 0.492 e. The molecule has 1 N–H and O–H groups in total. The van der Waals surface area contributed by atoms with Crippen LogP contribution in [-0.2, 0) is 16.4 Å². The number of halogens is 1. The topological polar surface area (TPSA) is 55.4 Å². The summed E-state index contributed by atoms with van der Waals surface area (Å²) < 4.78 is 32.9. The van der Waals surface area contributed by atoms with Gasteiger partial charge in [0.2, 0.25) is 10.0 Å². The zero-order valence-corrected chi connectivity index (χ0v) is 12.7. The van der Waals surface area contributed by atoms with E-state index in [4.69, 9.17) is 16.3 Å². The Labute approximate surface area is 128 Å². The second-order valence-corrected chi connectivity index (χ2v) is 7.05. The Kier molecular flexibility index (Phi) is 3.89. The molecule has 6 heteroatoms. The van der Waals surface area contributed by atoms with Gasteiger partial charge in [0, 0.05) is 5.02 Å². The van der Waals surface area contributed by atoms with Crippen LogP contribution < -0.4 is 9.46 Å². The Hall–Kier alpha value is -1.56. The van der Waals surface area contributed by atoms with Crippen molar-refractivity contribution >= 4 is 21.6 Å². The molecule has 0 amide bonds. The summed E-state index contributed by atoms with van der Waals surface area (Å²) in [6.07, 6.45) is 0.614. The first-order valence-electron chi connectivity index (χ1n) is 6.53. The van der Waals surface area contributed by atoms with Crippen molar-refractivity contribution in [2.75, 3.05) is 6.61 Å². The van der Waals surface area contributed by atoms with Crippen LogP contribution in [0.1, 0.15) is 5.56 Å². The lowest BCUT2D eigenvalue weighted by Crippen LogP contribution is -2.42. The van der Waals surface area contributed by atoms with Gasteiger partial charge in [-0.15, -0.1) is 0 Å². The molecule has 1 aliphatic rings. The van der Waals surface area contributed by atoms with Gasteiger partial charge in [0.25, 0.3) is 0 Å². The van der Waals surface area contributed by atoms with Gasteiger partial charge in [0.05, 0.1) is 10.9 Å². The third kappa shape index (κ3) is 3.20. The highest BCUT2D eigenvalue weighted by atomic mass is 35.5. The van der Waals surface area contributed by atoms with Crippen LogP contribution in [0.4, 0.5) is 0 Å². The molecule has 0 spiro atoms. The quantitative estimate of drug-likeness (QED) is 0.944. The normalized spacial score (nSPS) is 17.9. The van der Waals surface area contributed by atoms with Crippen LogP contribution in [0.2, 0.25) is 5.02 Å². The summed E-state index contributed by atoms with van der Waals surface area (Å²) in [6.45, 7) is 0.323. The number of nitrogens with one attached hydrogen (secondary N) is 1. The second kappa shape index (κ2) is 5.67. The van der Waals surface area contributed by atoms with Gasteiger partial charge in [-0.2, -0.15) is 0 Å². The van der Waals surface area contributed by atoms with Crippen molar-refractivity contribution in [3.8, 4) is 5.75 Å². The van der Waals surface area contributed by atoms with Gasteiger partial charge in [-0.25, -0.2) is 13.1 Å². The van der Waals surface area contributed by atoms with E-state index in [1.807, 2.05) is 24.3 Å². The lowest BCUT2D eigenvalue weighted by atomic mass is 10.0. The van der Waals surface area contributed by atoms with Crippen molar-refractivity contribution in [3.05, 3.63) is 59.1 Å². The number of rotatable bonds is 3. The van der Waals surface area contributed by atoms with E-state index in [1.54, 1.807) is 12.1 Å². The average Bonchev–Trinajstić information content (AvgIpc) is 2.47. The molecule has 0 fully saturated rings. The number of fused-ring (bicyclic) bond motifs is 1. The van der Waals surface area contributed by atoms with Crippen molar-refractivity contribution in [1.29, 1.82) is 0 Å². The van der Waals surface area contributed by atoms with Crippen molar-refractivity contribution < 1.29 is 13.2 Å². The lowest BCUT2D eigenvalue weighted by Gasteiger charge is -2.25. The van der Waals surface area contributed by atoms with E-state index in [2.05, 4.69) is 4.72 Å². The van der Waals surface area contributed by atoms with Crippen molar-refractivity contribution in [2.24, 2.45) is 0 Å². The Morgan fingerprint density at radius 3 is 2.57 bits per heavy atom. The van der Waals surface area contributed by atoms with E-state index < -0.39 is 10.0 Å². The Morgan fingerprint density at radius 2 is 1.81 bits per heavy atom. The molecule has 0 aromatic heterocycles. The number of hydrogen-bond donors (Lipinski definition) is 1. The minimum atomic E-state index is -3.57. The fourth-order valence-electron chi connectivity index (χ4n) is 2.30. The Morgan fingerprint density at radius 1 is 1.10 bits per heavy atom. The minimum Gasteiger partial charge on any atom is -0.492 e. The zero-order chi connectivity index (χ0) is 14.9. The molecule has 4 nitrogen and oxygen atoms in total. The maximum Gasteiger partial charge on any atom is 0.240 e. The molecule has 3 rings (SSSR count). The van der Waals surface area contributed by atoms with Crippen LogP contribution in [0.3, 0.4) is 0 Å². The highest BCUT2D eigenvalue weighted by molar-refractivity contribution is 7.89.